The number of carbonyl (C=O) groups excluding carboxylic acids is 1. The Hall–Kier alpha value is -0.940. The van der Waals surface area contributed by atoms with Gasteiger partial charge in [-0.3, -0.25) is 9.78 Å². The van der Waals surface area contributed by atoms with Crippen molar-refractivity contribution >= 4 is 29.2 Å². The Labute approximate surface area is 107 Å². The first-order chi connectivity index (χ1) is 7.99. The fraction of sp³-hybridized carbons (Fsp3) is 0.400. The number of hydrogen-bond donors (Lipinski definition) is 0. The molecule has 0 spiro atoms. The van der Waals surface area contributed by atoms with Crippen LogP contribution in [0.2, 0.25) is 5.02 Å². The maximum Gasteiger partial charge on any atom is 0.311 e. The SMILES string of the molecule is COC(=O)Cc1nc(CCl)cc(Cl)c1C(F)F. The van der Waals surface area contributed by atoms with Crippen molar-refractivity contribution in [3.8, 4) is 0 Å². The van der Waals surface area contributed by atoms with Crippen molar-refractivity contribution in [1.29, 1.82) is 0 Å². The lowest BCUT2D eigenvalue weighted by Crippen LogP contribution is -2.11. The van der Waals surface area contributed by atoms with Crippen LogP contribution < -0.4 is 0 Å². The molecule has 3 nitrogen and oxygen atoms in total. The first kappa shape index (κ1) is 14.1. The van der Waals surface area contributed by atoms with E-state index in [9.17, 15) is 13.6 Å². The predicted molar refractivity (Wildman–Crippen MR) is 59.5 cm³/mol. The van der Waals surface area contributed by atoms with Gasteiger partial charge in [-0.15, -0.1) is 11.6 Å². The lowest BCUT2D eigenvalue weighted by atomic mass is 10.1. The Kier molecular flexibility index (Phi) is 5.08. The van der Waals surface area contributed by atoms with Crippen molar-refractivity contribution in [2.75, 3.05) is 7.11 Å². The van der Waals surface area contributed by atoms with Crippen LogP contribution in [0.1, 0.15) is 23.4 Å². The molecule has 0 radical (unpaired) electrons. The van der Waals surface area contributed by atoms with Crippen molar-refractivity contribution in [2.24, 2.45) is 0 Å². The summed E-state index contributed by atoms with van der Waals surface area (Å²) in [5, 5.41) is -0.149. The van der Waals surface area contributed by atoms with Gasteiger partial charge in [0.1, 0.15) is 0 Å². The average molecular weight is 284 g/mol. The zero-order valence-corrected chi connectivity index (χ0v) is 10.4. The Bertz CT molecular complexity index is 427. The van der Waals surface area contributed by atoms with Gasteiger partial charge in [-0.2, -0.15) is 0 Å². The Balaban J connectivity index is 3.22. The van der Waals surface area contributed by atoms with E-state index >= 15 is 0 Å². The number of hydrogen-bond acceptors (Lipinski definition) is 3. The molecular weight excluding hydrogens is 275 g/mol. The van der Waals surface area contributed by atoms with Crippen molar-refractivity contribution in [1.82, 2.24) is 4.98 Å². The summed E-state index contributed by atoms with van der Waals surface area (Å²) in [7, 11) is 1.16. The molecule has 0 aliphatic carbocycles. The van der Waals surface area contributed by atoms with Gasteiger partial charge in [0.2, 0.25) is 0 Å². The minimum atomic E-state index is -2.81. The number of alkyl halides is 3. The highest BCUT2D eigenvalue weighted by molar-refractivity contribution is 6.31. The number of nitrogens with zero attached hydrogens (tertiary/aromatic N) is 1. The summed E-state index contributed by atoms with van der Waals surface area (Å²) in [6, 6.07) is 1.26. The monoisotopic (exact) mass is 283 g/mol. The van der Waals surface area contributed by atoms with E-state index in [1.807, 2.05) is 0 Å². The molecule has 0 saturated heterocycles. The molecule has 1 heterocycles. The van der Waals surface area contributed by atoms with Crippen LogP contribution in [0.5, 0.6) is 0 Å². The largest absolute Gasteiger partial charge is 0.469 e. The predicted octanol–water partition coefficient (Wildman–Crippen LogP) is 3.13. The molecule has 0 saturated carbocycles. The number of methoxy groups -OCH3 is 1. The van der Waals surface area contributed by atoms with Crippen LogP contribution in [0.25, 0.3) is 0 Å². The first-order valence-electron chi connectivity index (χ1n) is 4.58. The number of esters is 1. The van der Waals surface area contributed by atoms with Crippen LogP contribution in [-0.2, 0) is 21.8 Å². The van der Waals surface area contributed by atoms with Crippen molar-refractivity contribution in [2.45, 2.75) is 18.7 Å². The lowest BCUT2D eigenvalue weighted by Gasteiger charge is -2.10. The summed E-state index contributed by atoms with van der Waals surface area (Å²) in [6.07, 6.45) is -3.17. The van der Waals surface area contributed by atoms with Crippen LogP contribution in [0.3, 0.4) is 0 Å². The Morgan fingerprint density at radius 1 is 1.59 bits per heavy atom. The van der Waals surface area contributed by atoms with E-state index in [-0.39, 0.29) is 23.0 Å². The second kappa shape index (κ2) is 6.12. The van der Waals surface area contributed by atoms with Gasteiger partial charge in [-0.1, -0.05) is 11.6 Å². The number of ether oxygens (including phenoxy) is 1. The van der Waals surface area contributed by atoms with Gasteiger partial charge < -0.3 is 4.74 Å². The molecule has 7 heteroatoms. The standard InChI is InChI=1S/C10H9Cl2F2NO2/c1-17-8(16)3-7-9(10(13)14)6(12)2-5(4-11)15-7/h2,10H,3-4H2,1H3. The summed E-state index contributed by atoms with van der Waals surface area (Å²) < 4.78 is 29.9. The summed E-state index contributed by atoms with van der Waals surface area (Å²) in [5.41, 5.74) is -0.221. The molecular formula is C10H9Cl2F2NO2. The van der Waals surface area contributed by atoms with E-state index in [1.54, 1.807) is 0 Å². The topological polar surface area (TPSA) is 39.2 Å². The van der Waals surface area contributed by atoms with E-state index in [2.05, 4.69) is 9.72 Å². The summed E-state index contributed by atoms with van der Waals surface area (Å²) in [5.74, 6) is -0.639. The lowest BCUT2D eigenvalue weighted by molar-refractivity contribution is -0.139. The third kappa shape index (κ3) is 3.51. The highest BCUT2D eigenvalue weighted by Gasteiger charge is 2.21. The van der Waals surface area contributed by atoms with Crippen LogP contribution in [0, 0.1) is 0 Å². The first-order valence-corrected chi connectivity index (χ1v) is 5.50. The molecule has 0 amide bonds. The Morgan fingerprint density at radius 2 is 2.24 bits per heavy atom. The number of rotatable bonds is 4. The van der Waals surface area contributed by atoms with E-state index < -0.39 is 18.0 Å². The van der Waals surface area contributed by atoms with E-state index in [1.165, 1.54) is 6.07 Å². The molecule has 1 aromatic rings. The maximum absolute atomic E-state index is 12.8. The molecule has 0 unspecified atom stereocenters. The molecule has 0 N–H and O–H groups in total. The number of aromatic nitrogens is 1. The number of halogens is 4. The quantitative estimate of drug-likeness (QED) is 0.630. The third-order valence-electron chi connectivity index (χ3n) is 2.03. The zero-order valence-electron chi connectivity index (χ0n) is 8.84. The Morgan fingerprint density at radius 3 is 2.71 bits per heavy atom. The van der Waals surface area contributed by atoms with Gasteiger partial charge in [0.15, 0.2) is 0 Å². The van der Waals surface area contributed by atoms with E-state index in [4.69, 9.17) is 23.2 Å². The molecule has 0 aliphatic heterocycles. The summed E-state index contributed by atoms with van der Waals surface area (Å²) in [4.78, 5) is 14.9. The van der Waals surface area contributed by atoms with Crippen LogP contribution >= 0.6 is 23.2 Å². The molecule has 0 atom stereocenters. The summed E-state index contributed by atoms with van der Waals surface area (Å²) >= 11 is 11.3. The molecule has 0 aliphatic rings. The molecule has 0 bridgehead atoms. The van der Waals surface area contributed by atoms with Gasteiger partial charge in [-0.05, 0) is 6.07 Å². The van der Waals surface area contributed by atoms with Crippen molar-refractivity contribution < 1.29 is 18.3 Å². The minimum absolute atomic E-state index is 0.0252. The molecule has 94 valence electrons. The van der Waals surface area contributed by atoms with Gasteiger partial charge in [0.05, 0.1) is 41.4 Å². The van der Waals surface area contributed by atoms with Gasteiger partial charge in [0, 0.05) is 0 Å². The van der Waals surface area contributed by atoms with Crippen LogP contribution in [0.4, 0.5) is 8.78 Å². The van der Waals surface area contributed by atoms with Crippen molar-refractivity contribution in [3.05, 3.63) is 28.0 Å². The van der Waals surface area contributed by atoms with E-state index in [0.717, 1.165) is 7.11 Å². The maximum atomic E-state index is 12.8. The zero-order chi connectivity index (χ0) is 13.0. The number of carbonyl (C=O) groups is 1. The molecule has 1 aromatic heterocycles. The smallest absolute Gasteiger partial charge is 0.311 e. The van der Waals surface area contributed by atoms with Gasteiger partial charge in [-0.25, -0.2) is 8.78 Å². The average Bonchev–Trinajstić information content (AvgIpc) is 2.27. The van der Waals surface area contributed by atoms with Gasteiger partial charge in [0.25, 0.3) is 6.43 Å². The second-order valence-electron chi connectivity index (χ2n) is 3.14. The van der Waals surface area contributed by atoms with Crippen LogP contribution in [-0.4, -0.2) is 18.1 Å². The highest BCUT2D eigenvalue weighted by atomic mass is 35.5. The molecule has 1 rings (SSSR count). The third-order valence-corrected chi connectivity index (χ3v) is 2.62. The van der Waals surface area contributed by atoms with E-state index in [0.29, 0.717) is 5.69 Å². The minimum Gasteiger partial charge on any atom is -0.469 e. The fourth-order valence-corrected chi connectivity index (χ4v) is 1.72. The molecule has 17 heavy (non-hydrogen) atoms. The normalized spacial score (nSPS) is 10.7. The second-order valence-corrected chi connectivity index (χ2v) is 3.82. The number of pyridine rings is 1. The molecule has 0 fully saturated rings. The van der Waals surface area contributed by atoms with Crippen LogP contribution in [0.15, 0.2) is 6.07 Å². The fourth-order valence-electron chi connectivity index (χ4n) is 1.27. The molecule has 0 aromatic carbocycles. The van der Waals surface area contributed by atoms with Gasteiger partial charge >= 0.3 is 5.97 Å². The van der Waals surface area contributed by atoms with Crippen molar-refractivity contribution in [3.63, 3.8) is 0 Å². The summed E-state index contributed by atoms with van der Waals surface area (Å²) in [6.45, 7) is 0. The highest BCUT2D eigenvalue weighted by Crippen LogP contribution is 2.30.